The largest absolute Gasteiger partial charge is 0.481 e. The molecule has 2 aliphatic rings. The number of aliphatic carboxylic acids is 1. The molecule has 1 saturated carbocycles. The Hall–Kier alpha value is -3.35. The molecule has 35 heavy (non-hydrogen) atoms. The van der Waals surface area contributed by atoms with Crippen LogP contribution in [-0.2, 0) is 14.3 Å². The fourth-order valence-electron chi connectivity index (χ4n) is 5.45. The van der Waals surface area contributed by atoms with Crippen molar-refractivity contribution in [2.75, 3.05) is 13.2 Å². The molecule has 0 aromatic heterocycles. The lowest BCUT2D eigenvalue weighted by Gasteiger charge is -2.27. The summed E-state index contributed by atoms with van der Waals surface area (Å²) in [5.41, 5.74) is 4.75. The molecule has 0 radical (unpaired) electrons. The second-order valence-electron chi connectivity index (χ2n) is 9.87. The van der Waals surface area contributed by atoms with E-state index in [0.29, 0.717) is 6.42 Å². The van der Waals surface area contributed by atoms with E-state index in [0.717, 1.165) is 19.3 Å². The summed E-state index contributed by atoms with van der Waals surface area (Å²) < 4.78 is 5.66. The molecule has 2 unspecified atom stereocenters. The zero-order chi connectivity index (χ0) is 24.9. The highest BCUT2D eigenvalue weighted by Crippen LogP contribution is 2.44. The van der Waals surface area contributed by atoms with Crippen molar-refractivity contribution in [1.82, 2.24) is 10.2 Å². The van der Waals surface area contributed by atoms with Crippen molar-refractivity contribution in [2.24, 2.45) is 5.92 Å². The Bertz CT molecular complexity index is 1040. The van der Waals surface area contributed by atoms with Crippen LogP contribution in [0.5, 0.6) is 0 Å². The van der Waals surface area contributed by atoms with Crippen molar-refractivity contribution in [3.8, 4) is 11.1 Å². The van der Waals surface area contributed by atoms with E-state index in [2.05, 4.69) is 29.6 Å². The number of hydrogen-bond acceptors (Lipinski definition) is 4. The minimum Gasteiger partial charge on any atom is -0.481 e. The zero-order valence-electron chi connectivity index (χ0n) is 20.4. The Balaban J connectivity index is 1.26. The van der Waals surface area contributed by atoms with E-state index in [-0.39, 0.29) is 49.4 Å². The third-order valence-electron chi connectivity index (χ3n) is 7.18. The topological polar surface area (TPSA) is 95.9 Å². The van der Waals surface area contributed by atoms with E-state index in [1.165, 1.54) is 22.3 Å². The second kappa shape index (κ2) is 10.9. The number of carbonyl (C=O) groups is 3. The van der Waals surface area contributed by atoms with Crippen LogP contribution in [0.25, 0.3) is 11.1 Å². The Kier molecular flexibility index (Phi) is 7.73. The quantitative estimate of drug-likeness (QED) is 0.540. The minimum atomic E-state index is -0.906. The van der Waals surface area contributed by atoms with Crippen LogP contribution in [0.3, 0.4) is 0 Å². The summed E-state index contributed by atoms with van der Waals surface area (Å²) in [6.45, 7) is 4.30. The molecule has 0 saturated heterocycles. The van der Waals surface area contributed by atoms with Crippen molar-refractivity contribution >= 4 is 18.0 Å². The van der Waals surface area contributed by atoms with Gasteiger partial charge in [-0.1, -0.05) is 48.5 Å². The number of alkyl carbamates (subject to hydrolysis) is 1. The fraction of sp³-hybridized carbons (Fsp3) is 0.464. The van der Waals surface area contributed by atoms with Crippen LogP contribution in [-0.4, -0.2) is 53.2 Å². The SMILES string of the molecule is CC(C)N(CCC(=O)O)C(=O)CC1CCC(NC(=O)OCC2c3ccccc3-c3ccccc32)C1. The van der Waals surface area contributed by atoms with Gasteiger partial charge in [-0.25, -0.2) is 4.79 Å². The molecule has 2 aromatic carbocycles. The molecule has 0 heterocycles. The standard InChI is InChI=1S/C28H34N2O5/c1-18(2)30(14-13-27(32)33)26(31)16-19-11-12-20(15-19)29-28(34)35-17-25-23-9-5-3-7-21(23)22-8-4-6-10-24(22)25/h3-10,18-20,25H,11-17H2,1-2H3,(H,29,34)(H,32,33). The van der Waals surface area contributed by atoms with Crippen LogP contribution < -0.4 is 5.32 Å². The van der Waals surface area contributed by atoms with Crippen molar-refractivity contribution in [3.63, 3.8) is 0 Å². The van der Waals surface area contributed by atoms with Crippen LogP contribution >= 0.6 is 0 Å². The lowest BCUT2D eigenvalue weighted by atomic mass is 9.98. The van der Waals surface area contributed by atoms with Gasteiger partial charge in [0.1, 0.15) is 6.61 Å². The highest BCUT2D eigenvalue weighted by atomic mass is 16.5. The van der Waals surface area contributed by atoms with Crippen molar-refractivity contribution in [3.05, 3.63) is 59.7 Å². The minimum absolute atomic E-state index is 0.0185. The average molecular weight is 479 g/mol. The van der Waals surface area contributed by atoms with Gasteiger partial charge in [0.25, 0.3) is 0 Å². The predicted molar refractivity (Wildman–Crippen MR) is 133 cm³/mol. The maximum Gasteiger partial charge on any atom is 0.407 e. The second-order valence-corrected chi connectivity index (χ2v) is 9.87. The van der Waals surface area contributed by atoms with Crippen LogP contribution in [0.2, 0.25) is 0 Å². The fourth-order valence-corrected chi connectivity index (χ4v) is 5.45. The van der Waals surface area contributed by atoms with E-state index >= 15 is 0 Å². The zero-order valence-corrected chi connectivity index (χ0v) is 20.4. The smallest absolute Gasteiger partial charge is 0.407 e. The molecule has 0 spiro atoms. The molecule has 2 N–H and O–H groups in total. The molecular weight excluding hydrogens is 444 g/mol. The lowest BCUT2D eigenvalue weighted by Crippen LogP contribution is -2.39. The first-order valence-corrected chi connectivity index (χ1v) is 12.5. The molecule has 1 fully saturated rings. The van der Waals surface area contributed by atoms with Gasteiger partial charge in [-0.15, -0.1) is 0 Å². The van der Waals surface area contributed by atoms with Gasteiger partial charge in [-0.05, 0) is 61.3 Å². The maximum atomic E-state index is 12.8. The number of ether oxygens (including phenoxy) is 1. The van der Waals surface area contributed by atoms with Gasteiger partial charge in [0.2, 0.25) is 5.91 Å². The Morgan fingerprint density at radius 1 is 1.03 bits per heavy atom. The Labute approximate surface area is 206 Å². The number of fused-ring (bicyclic) bond motifs is 3. The molecule has 2 aliphatic carbocycles. The van der Waals surface area contributed by atoms with Gasteiger partial charge in [-0.3, -0.25) is 9.59 Å². The first-order chi connectivity index (χ1) is 16.8. The van der Waals surface area contributed by atoms with Crippen LogP contribution in [0.1, 0.15) is 63.0 Å². The predicted octanol–water partition coefficient (Wildman–Crippen LogP) is 4.80. The van der Waals surface area contributed by atoms with E-state index in [4.69, 9.17) is 9.84 Å². The monoisotopic (exact) mass is 478 g/mol. The molecule has 186 valence electrons. The number of rotatable bonds is 9. The molecule has 7 nitrogen and oxygen atoms in total. The molecule has 2 atom stereocenters. The van der Waals surface area contributed by atoms with E-state index in [1.807, 2.05) is 38.1 Å². The Morgan fingerprint density at radius 2 is 1.66 bits per heavy atom. The number of nitrogens with one attached hydrogen (secondary N) is 1. The third-order valence-corrected chi connectivity index (χ3v) is 7.18. The van der Waals surface area contributed by atoms with Gasteiger partial charge in [0, 0.05) is 31.0 Å². The molecule has 0 bridgehead atoms. The average Bonchev–Trinajstić information content (AvgIpc) is 3.39. The molecular formula is C28H34N2O5. The first-order valence-electron chi connectivity index (χ1n) is 12.5. The summed E-state index contributed by atoms with van der Waals surface area (Å²) in [5.74, 6) is -0.730. The molecule has 4 rings (SSSR count). The molecule has 7 heteroatoms. The van der Waals surface area contributed by atoms with Crippen molar-refractivity contribution in [2.45, 2.75) is 64.0 Å². The number of amides is 2. The number of carbonyl (C=O) groups excluding carboxylic acids is 2. The number of benzene rings is 2. The lowest BCUT2D eigenvalue weighted by molar-refractivity contribution is -0.139. The summed E-state index contributed by atoms with van der Waals surface area (Å²) in [5, 5.41) is 11.9. The van der Waals surface area contributed by atoms with Crippen LogP contribution in [0.4, 0.5) is 4.79 Å². The summed E-state index contributed by atoms with van der Waals surface area (Å²) in [7, 11) is 0. The highest BCUT2D eigenvalue weighted by Gasteiger charge is 2.32. The third kappa shape index (κ3) is 5.84. The van der Waals surface area contributed by atoms with Crippen molar-refractivity contribution < 1.29 is 24.2 Å². The molecule has 0 aliphatic heterocycles. The summed E-state index contributed by atoms with van der Waals surface area (Å²) >= 11 is 0. The molecule has 2 amide bonds. The number of carboxylic acids is 1. The van der Waals surface area contributed by atoms with Crippen molar-refractivity contribution in [1.29, 1.82) is 0 Å². The number of hydrogen-bond donors (Lipinski definition) is 2. The Morgan fingerprint density at radius 3 is 2.26 bits per heavy atom. The highest BCUT2D eigenvalue weighted by molar-refractivity contribution is 5.79. The van der Waals surface area contributed by atoms with Crippen LogP contribution in [0.15, 0.2) is 48.5 Å². The van der Waals surface area contributed by atoms with Gasteiger partial charge < -0.3 is 20.1 Å². The molecule has 2 aromatic rings. The summed E-state index contributed by atoms with van der Waals surface area (Å²) in [6, 6.07) is 16.4. The van der Waals surface area contributed by atoms with Gasteiger partial charge in [0.05, 0.1) is 6.42 Å². The van der Waals surface area contributed by atoms with Gasteiger partial charge >= 0.3 is 12.1 Å². The maximum absolute atomic E-state index is 12.8. The number of carboxylic acid groups (broad SMARTS) is 1. The van der Waals surface area contributed by atoms with Gasteiger partial charge in [-0.2, -0.15) is 0 Å². The number of nitrogens with zero attached hydrogens (tertiary/aromatic N) is 1. The summed E-state index contributed by atoms with van der Waals surface area (Å²) in [6.07, 6.45) is 2.28. The van der Waals surface area contributed by atoms with E-state index < -0.39 is 12.1 Å². The van der Waals surface area contributed by atoms with E-state index in [9.17, 15) is 14.4 Å². The normalized spacial score (nSPS) is 18.7. The van der Waals surface area contributed by atoms with Gasteiger partial charge in [0.15, 0.2) is 0 Å². The van der Waals surface area contributed by atoms with E-state index in [1.54, 1.807) is 4.90 Å². The first kappa shape index (κ1) is 24.8. The summed E-state index contributed by atoms with van der Waals surface area (Å²) in [4.78, 5) is 37.9. The van der Waals surface area contributed by atoms with Crippen LogP contribution in [0, 0.1) is 5.92 Å².